The van der Waals surface area contributed by atoms with Crippen LogP contribution in [0.5, 0.6) is 0 Å². The summed E-state index contributed by atoms with van der Waals surface area (Å²) in [5.74, 6) is -1.04. The van der Waals surface area contributed by atoms with Crippen LogP contribution in [-0.4, -0.2) is 27.8 Å². The first kappa shape index (κ1) is 10.5. The van der Waals surface area contributed by atoms with Gasteiger partial charge in [-0.25, -0.2) is 0 Å². The summed E-state index contributed by atoms with van der Waals surface area (Å²) < 4.78 is 0. The first-order valence-electron chi connectivity index (χ1n) is 4.52. The molecule has 4 nitrogen and oxygen atoms in total. The molecule has 76 valence electrons. The van der Waals surface area contributed by atoms with Crippen LogP contribution >= 0.6 is 0 Å². The van der Waals surface area contributed by atoms with E-state index in [4.69, 9.17) is 10.8 Å². The molecule has 0 bridgehead atoms. The van der Waals surface area contributed by atoms with Gasteiger partial charge in [-0.1, -0.05) is 6.92 Å². The minimum absolute atomic E-state index is 0.629. The van der Waals surface area contributed by atoms with Crippen LogP contribution in [0.3, 0.4) is 0 Å². The van der Waals surface area contributed by atoms with Gasteiger partial charge in [0, 0.05) is 5.41 Å². The first-order chi connectivity index (χ1) is 5.81. The molecule has 4 heteroatoms. The second-order valence-corrected chi connectivity index (χ2v) is 4.36. The Bertz CT molecular complexity index is 227. The molecule has 2 unspecified atom stereocenters. The second-order valence-electron chi connectivity index (χ2n) is 4.36. The standard InChI is InChI=1S/C9H17NO3/c1-8(6(10)7(11)12)4-3-5-9(8,2)13/h6,13H,3-5,10H2,1-2H3,(H,11,12)/t6-,8?,9?/m0/s1. The highest BCUT2D eigenvalue weighted by Crippen LogP contribution is 2.47. The van der Waals surface area contributed by atoms with Gasteiger partial charge in [0.05, 0.1) is 5.60 Å². The summed E-state index contributed by atoms with van der Waals surface area (Å²) in [5.41, 5.74) is 3.92. The molecule has 0 aromatic heterocycles. The van der Waals surface area contributed by atoms with E-state index in [0.29, 0.717) is 12.8 Å². The lowest BCUT2D eigenvalue weighted by atomic mass is 9.71. The van der Waals surface area contributed by atoms with Crippen molar-refractivity contribution in [3.05, 3.63) is 0 Å². The Morgan fingerprint density at radius 3 is 2.31 bits per heavy atom. The van der Waals surface area contributed by atoms with E-state index in [1.807, 2.05) is 0 Å². The van der Waals surface area contributed by atoms with Crippen LogP contribution < -0.4 is 5.73 Å². The van der Waals surface area contributed by atoms with Crippen molar-refractivity contribution in [2.75, 3.05) is 0 Å². The molecule has 0 radical (unpaired) electrons. The molecule has 0 saturated heterocycles. The summed E-state index contributed by atoms with van der Waals surface area (Å²) in [5, 5.41) is 18.8. The van der Waals surface area contributed by atoms with Crippen molar-refractivity contribution in [1.82, 2.24) is 0 Å². The SMILES string of the molecule is CC1(O)CCCC1(C)[C@@H](N)C(=O)O. The minimum Gasteiger partial charge on any atom is -0.480 e. The van der Waals surface area contributed by atoms with E-state index in [1.165, 1.54) is 0 Å². The average molecular weight is 187 g/mol. The smallest absolute Gasteiger partial charge is 0.321 e. The second kappa shape index (κ2) is 2.96. The number of hydrogen-bond acceptors (Lipinski definition) is 3. The molecule has 13 heavy (non-hydrogen) atoms. The molecular weight excluding hydrogens is 170 g/mol. The zero-order valence-corrected chi connectivity index (χ0v) is 8.08. The van der Waals surface area contributed by atoms with Crippen molar-refractivity contribution in [3.8, 4) is 0 Å². The predicted octanol–water partition coefficient (Wildman–Crippen LogP) is 0.339. The summed E-state index contributed by atoms with van der Waals surface area (Å²) in [6.45, 7) is 3.42. The largest absolute Gasteiger partial charge is 0.480 e. The quantitative estimate of drug-likeness (QED) is 0.582. The van der Waals surface area contributed by atoms with E-state index >= 15 is 0 Å². The zero-order chi connectivity index (χ0) is 10.3. The molecule has 0 spiro atoms. The molecule has 0 heterocycles. The molecule has 1 saturated carbocycles. The Balaban J connectivity index is 2.93. The van der Waals surface area contributed by atoms with E-state index in [0.717, 1.165) is 6.42 Å². The summed E-state index contributed by atoms with van der Waals surface area (Å²) in [6, 6.07) is -0.981. The zero-order valence-electron chi connectivity index (χ0n) is 8.08. The lowest BCUT2D eigenvalue weighted by molar-refractivity contribution is -0.147. The number of aliphatic hydroxyl groups is 1. The third-order valence-corrected chi connectivity index (χ3v) is 3.54. The Morgan fingerprint density at radius 2 is 2.00 bits per heavy atom. The molecule has 0 amide bonds. The van der Waals surface area contributed by atoms with Gasteiger partial charge in [-0.05, 0) is 26.2 Å². The van der Waals surface area contributed by atoms with Crippen molar-refractivity contribution in [2.45, 2.75) is 44.8 Å². The van der Waals surface area contributed by atoms with Crippen molar-refractivity contribution in [1.29, 1.82) is 0 Å². The van der Waals surface area contributed by atoms with Crippen molar-refractivity contribution < 1.29 is 15.0 Å². The van der Waals surface area contributed by atoms with Crippen molar-refractivity contribution in [3.63, 3.8) is 0 Å². The monoisotopic (exact) mass is 187 g/mol. The van der Waals surface area contributed by atoms with Crippen LogP contribution in [0.2, 0.25) is 0 Å². The highest BCUT2D eigenvalue weighted by atomic mass is 16.4. The van der Waals surface area contributed by atoms with Gasteiger partial charge in [-0.2, -0.15) is 0 Å². The van der Waals surface area contributed by atoms with Gasteiger partial charge in [0.25, 0.3) is 0 Å². The molecule has 1 aliphatic carbocycles. The van der Waals surface area contributed by atoms with Crippen LogP contribution in [0, 0.1) is 5.41 Å². The van der Waals surface area contributed by atoms with Crippen LogP contribution in [0.4, 0.5) is 0 Å². The highest BCUT2D eigenvalue weighted by molar-refractivity contribution is 5.74. The number of hydrogen-bond donors (Lipinski definition) is 3. The molecule has 0 aromatic rings. The number of nitrogens with two attached hydrogens (primary N) is 1. The molecule has 3 atom stereocenters. The Morgan fingerprint density at radius 1 is 1.46 bits per heavy atom. The van der Waals surface area contributed by atoms with Gasteiger partial charge in [-0.15, -0.1) is 0 Å². The maximum absolute atomic E-state index is 10.7. The topological polar surface area (TPSA) is 83.5 Å². The fourth-order valence-corrected chi connectivity index (χ4v) is 2.12. The molecule has 0 aromatic carbocycles. The van der Waals surface area contributed by atoms with E-state index in [9.17, 15) is 9.90 Å². The van der Waals surface area contributed by atoms with Gasteiger partial charge >= 0.3 is 5.97 Å². The third kappa shape index (κ3) is 1.44. The van der Waals surface area contributed by atoms with E-state index < -0.39 is 23.0 Å². The minimum atomic E-state index is -1.04. The van der Waals surface area contributed by atoms with Gasteiger partial charge in [-0.3, -0.25) is 4.79 Å². The summed E-state index contributed by atoms with van der Waals surface area (Å²) in [6.07, 6.45) is 2.14. The number of carboxylic acids is 1. The first-order valence-corrected chi connectivity index (χ1v) is 4.52. The van der Waals surface area contributed by atoms with Crippen LogP contribution in [-0.2, 0) is 4.79 Å². The van der Waals surface area contributed by atoms with Gasteiger partial charge in [0.1, 0.15) is 6.04 Å². The van der Waals surface area contributed by atoms with Crippen molar-refractivity contribution >= 4 is 5.97 Å². The Labute approximate surface area is 77.7 Å². The fraction of sp³-hybridized carbons (Fsp3) is 0.889. The maximum atomic E-state index is 10.7. The maximum Gasteiger partial charge on any atom is 0.321 e. The van der Waals surface area contributed by atoms with E-state index in [2.05, 4.69) is 0 Å². The number of carbonyl (C=O) groups is 1. The van der Waals surface area contributed by atoms with Crippen LogP contribution in [0.25, 0.3) is 0 Å². The average Bonchev–Trinajstić information content (AvgIpc) is 2.26. The Hall–Kier alpha value is -0.610. The van der Waals surface area contributed by atoms with E-state index in [-0.39, 0.29) is 0 Å². The number of rotatable bonds is 2. The van der Waals surface area contributed by atoms with Crippen molar-refractivity contribution in [2.24, 2.45) is 11.1 Å². The van der Waals surface area contributed by atoms with E-state index in [1.54, 1.807) is 13.8 Å². The van der Waals surface area contributed by atoms with Crippen LogP contribution in [0.15, 0.2) is 0 Å². The number of carboxylic acid groups (broad SMARTS) is 1. The van der Waals surface area contributed by atoms with Gasteiger partial charge in [0.2, 0.25) is 0 Å². The molecule has 0 aliphatic heterocycles. The normalized spacial score (nSPS) is 41.8. The number of aliphatic carboxylic acids is 1. The lowest BCUT2D eigenvalue weighted by Gasteiger charge is -2.39. The summed E-state index contributed by atoms with van der Waals surface area (Å²) in [4.78, 5) is 10.7. The fourth-order valence-electron chi connectivity index (χ4n) is 2.12. The highest BCUT2D eigenvalue weighted by Gasteiger charge is 2.53. The summed E-state index contributed by atoms with van der Waals surface area (Å²) >= 11 is 0. The molecular formula is C9H17NO3. The molecule has 4 N–H and O–H groups in total. The van der Waals surface area contributed by atoms with Gasteiger partial charge in [0.15, 0.2) is 0 Å². The predicted molar refractivity (Wildman–Crippen MR) is 48.2 cm³/mol. The lowest BCUT2D eigenvalue weighted by Crippen LogP contribution is -2.55. The molecule has 1 rings (SSSR count). The molecule has 1 aliphatic rings. The Kier molecular flexibility index (Phi) is 2.38. The van der Waals surface area contributed by atoms with Crippen LogP contribution in [0.1, 0.15) is 33.1 Å². The van der Waals surface area contributed by atoms with Gasteiger partial charge < -0.3 is 15.9 Å². The summed E-state index contributed by atoms with van der Waals surface area (Å²) in [7, 11) is 0. The third-order valence-electron chi connectivity index (χ3n) is 3.54. The molecule has 1 fully saturated rings.